The maximum absolute atomic E-state index is 13.2. The molecular formula is C23H26Cl2N4O. The van der Waals surface area contributed by atoms with Crippen LogP contribution in [0.25, 0.3) is 0 Å². The van der Waals surface area contributed by atoms with Gasteiger partial charge in [0.25, 0.3) is 5.91 Å². The highest BCUT2D eigenvalue weighted by Crippen LogP contribution is 2.41. The van der Waals surface area contributed by atoms with Crippen molar-refractivity contribution >= 4 is 40.5 Å². The molecular weight excluding hydrogens is 419 g/mol. The largest absolute Gasteiger partial charge is 0.284 e. The number of hydrogen-bond donors (Lipinski definition) is 1. The minimum Gasteiger partial charge on any atom is -0.284 e. The zero-order chi connectivity index (χ0) is 21.1. The number of hydrazine groups is 1. The molecule has 0 aromatic heterocycles. The lowest BCUT2D eigenvalue weighted by atomic mass is 9.91. The van der Waals surface area contributed by atoms with Gasteiger partial charge in [-0.2, -0.15) is 5.10 Å². The molecule has 5 nitrogen and oxygen atoms in total. The molecule has 0 bridgehead atoms. The van der Waals surface area contributed by atoms with E-state index in [9.17, 15) is 4.79 Å². The second-order valence-corrected chi connectivity index (χ2v) is 8.75. The Bertz CT molecular complexity index is 923. The molecule has 7 heteroatoms. The van der Waals surface area contributed by atoms with Gasteiger partial charge in [-0.15, -0.1) is 0 Å². The predicted octanol–water partition coefficient (Wildman–Crippen LogP) is 5.45. The molecule has 0 aliphatic carbocycles. The Labute approximate surface area is 187 Å². The van der Waals surface area contributed by atoms with E-state index in [-0.39, 0.29) is 17.9 Å². The molecule has 1 N–H and O–H groups in total. The standard InChI is InChI=1S/C23H26Cl2N4O/c1-16-21(23(30)27-28-14-6-2-3-7-15-28)26-29(20-9-5-4-8-19(20)25)22(16)17-10-12-18(24)13-11-17/h4-5,8-13,16,22H,2-3,6-7,14-15H2,1H3,(H,27,30)/t16-,22+/m1/s1. The first-order valence-corrected chi connectivity index (χ1v) is 11.2. The molecule has 1 saturated heterocycles. The normalized spacial score (nSPS) is 22.5. The van der Waals surface area contributed by atoms with Crippen LogP contribution in [0.15, 0.2) is 53.6 Å². The fourth-order valence-electron chi connectivity index (χ4n) is 4.20. The number of carbonyl (C=O) groups excluding carboxylic acids is 1. The lowest BCUT2D eigenvalue weighted by Crippen LogP contribution is -2.46. The van der Waals surface area contributed by atoms with Crippen LogP contribution in [0.3, 0.4) is 0 Å². The van der Waals surface area contributed by atoms with Crippen molar-refractivity contribution in [3.8, 4) is 0 Å². The fraction of sp³-hybridized carbons (Fsp3) is 0.391. The van der Waals surface area contributed by atoms with E-state index in [1.165, 1.54) is 12.8 Å². The summed E-state index contributed by atoms with van der Waals surface area (Å²) in [5.41, 5.74) is 5.41. The lowest BCUT2D eigenvalue weighted by Gasteiger charge is -2.27. The topological polar surface area (TPSA) is 47.9 Å². The van der Waals surface area contributed by atoms with Gasteiger partial charge >= 0.3 is 0 Å². The van der Waals surface area contributed by atoms with Gasteiger partial charge in [0, 0.05) is 24.0 Å². The second kappa shape index (κ2) is 9.38. The van der Waals surface area contributed by atoms with Gasteiger partial charge in [0.05, 0.1) is 16.8 Å². The number of para-hydroxylation sites is 1. The summed E-state index contributed by atoms with van der Waals surface area (Å²) >= 11 is 12.6. The second-order valence-electron chi connectivity index (χ2n) is 7.91. The summed E-state index contributed by atoms with van der Waals surface area (Å²) in [7, 11) is 0. The molecule has 2 aromatic rings. The number of halogens is 2. The van der Waals surface area contributed by atoms with Gasteiger partial charge in [0.15, 0.2) is 0 Å². The third-order valence-corrected chi connectivity index (χ3v) is 6.36. The maximum Gasteiger partial charge on any atom is 0.282 e. The van der Waals surface area contributed by atoms with E-state index in [1.807, 2.05) is 65.5 Å². The number of amides is 1. The summed E-state index contributed by atoms with van der Waals surface area (Å²) in [6.45, 7) is 3.79. The van der Waals surface area contributed by atoms with E-state index >= 15 is 0 Å². The van der Waals surface area contributed by atoms with Gasteiger partial charge in [-0.1, -0.05) is 67.2 Å². The first-order chi connectivity index (χ1) is 14.5. The zero-order valence-electron chi connectivity index (χ0n) is 17.0. The zero-order valence-corrected chi connectivity index (χ0v) is 18.5. The monoisotopic (exact) mass is 444 g/mol. The highest BCUT2D eigenvalue weighted by Gasteiger charge is 2.40. The predicted molar refractivity (Wildman–Crippen MR) is 123 cm³/mol. The summed E-state index contributed by atoms with van der Waals surface area (Å²) in [5.74, 6) is -0.257. The van der Waals surface area contributed by atoms with E-state index in [4.69, 9.17) is 28.3 Å². The van der Waals surface area contributed by atoms with Gasteiger partial charge in [-0.25, -0.2) is 5.01 Å². The summed E-state index contributed by atoms with van der Waals surface area (Å²) in [5, 5.41) is 9.93. The minimum absolute atomic E-state index is 0.116. The van der Waals surface area contributed by atoms with Crippen LogP contribution in [0.1, 0.15) is 44.2 Å². The molecule has 2 atom stereocenters. The Hall–Kier alpha value is -2.08. The van der Waals surface area contributed by atoms with Crippen molar-refractivity contribution < 1.29 is 4.79 Å². The van der Waals surface area contributed by atoms with Crippen LogP contribution in [-0.4, -0.2) is 29.7 Å². The van der Waals surface area contributed by atoms with Gasteiger partial charge in [-0.05, 0) is 42.7 Å². The highest BCUT2D eigenvalue weighted by atomic mass is 35.5. The maximum atomic E-state index is 13.2. The van der Waals surface area contributed by atoms with Crippen LogP contribution >= 0.6 is 23.2 Å². The molecule has 0 unspecified atom stereocenters. The molecule has 2 aromatic carbocycles. The van der Waals surface area contributed by atoms with Crippen molar-refractivity contribution in [1.82, 2.24) is 10.4 Å². The van der Waals surface area contributed by atoms with E-state index in [2.05, 4.69) is 5.43 Å². The third-order valence-electron chi connectivity index (χ3n) is 5.79. The Morgan fingerprint density at radius 2 is 1.67 bits per heavy atom. The molecule has 1 fully saturated rings. The SMILES string of the molecule is C[C@@H]1C(C(=O)NN2CCCCCC2)=NN(c2ccccc2Cl)[C@@H]1c1ccc(Cl)cc1. The number of nitrogens with one attached hydrogen (secondary N) is 1. The van der Waals surface area contributed by atoms with E-state index in [0.717, 1.165) is 37.2 Å². The summed E-state index contributed by atoms with van der Waals surface area (Å²) < 4.78 is 0. The molecule has 0 spiro atoms. The van der Waals surface area contributed by atoms with Crippen LogP contribution in [0.2, 0.25) is 10.0 Å². The molecule has 158 valence electrons. The number of anilines is 1. The minimum atomic E-state index is -0.146. The number of carbonyl (C=O) groups is 1. The summed E-state index contributed by atoms with van der Waals surface area (Å²) in [6, 6.07) is 15.1. The van der Waals surface area contributed by atoms with Crippen LogP contribution < -0.4 is 10.4 Å². The van der Waals surface area contributed by atoms with Gasteiger partial charge in [0.2, 0.25) is 0 Å². The first-order valence-electron chi connectivity index (χ1n) is 10.5. The Balaban J connectivity index is 1.65. The van der Waals surface area contributed by atoms with E-state index in [0.29, 0.717) is 15.8 Å². The molecule has 1 amide bonds. The van der Waals surface area contributed by atoms with Crippen LogP contribution in [-0.2, 0) is 4.79 Å². The average molecular weight is 445 g/mol. The highest BCUT2D eigenvalue weighted by molar-refractivity contribution is 6.40. The Morgan fingerprint density at radius 3 is 2.33 bits per heavy atom. The molecule has 2 aliphatic heterocycles. The number of benzene rings is 2. The summed E-state index contributed by atoms with van der Waals surface area (Å²) in [6.07, 6.45) is 4.62. The number of hydrogen-bond acceptors (Lipinski definition) is 4. The molecule has 2 aliphatic rings. The quantitative estimate of drug-likeness (QED) is 0.681. The van der Waals surface area contributed by atoms with Crippen LogP contribution in [0.4, 0.5) is 5.69 Å². The molecule has 4 rings (SSSR count). The third kappa shape index (κ3) is 4.48. The van der Waals surface area contributed by atoms with Crippen molar-refractivity contribution in [1.29, 1.82) is 0 Å². The molecule has 0 radical (unpaired) electrons. The number of hydrazone groups is 1. The summed E-state index contributed by atoms with van der Waals surface area (Å²) in [4.78, 5) is 13.2. The Morgan fingerprint density at radius 1 is 1.00 bits per heavy atom. The average Bonchev–Trinajstić information content (AvgIpc) is 2.89. The van der Waals surface area contributed by atoms with E-state index < -0.39 is 0 Å². The van der Waals surface area contributed by atoms with Crippen molar-refractivity contribution in [2.24, 2.45) is 11.0 Å². The lowest BCUT2D eigenvalue weighted by molar-refractivity contribution is -0.119. The van der Waals surface area contributed by atoms with Crippen molar-refractivity contribution in [3.05, 3.63) is 64.1 Å². The van der Waals surface area contributed by atoms with Crippen molar-refractivity contribution in [2.45, 2.75) is 38.6 Å². The smallest absolute Gasteiger partial charge is 0.282 e. The molecule has 2 heterocycles. The number of rotatable bonds is 4. The van der Waals surface area contributed by atoms with Crippen LogP contribution in [0, 0.1) is 5.92 Å². The first kappa shape index (κ1) is 21.2. The Kier molecular flexibility index (Phi) is 6.61. The van der Waals surface area contributed by atoms with Gasteiger partial charge < -0.3 is 0 Å². The van der Waals surface area contributed by atoms with Gasteiger partial charge in [0.1, 0.15) is 5.71 Å². The number of nitrogens with zero attached hydrogens (tertiary/aromatic N) is 3. The van der Waals surface area contributed by atoms with Crippen molar-refractivity contribution in [2.75, 3.05) is 18.1 Å². The van der Waals surface area contributed by atoms with Gasteiger partial charge in [-0.3, -0.25) is 15.2 Å². The fourth-order valence-corrected chi connectivity index (χ4v) is 4.55. The van der Waals surface area contributed by atoms with E-state index in [1.54, 1.807) is 0 Å². The molecule has 0 saturated carbocycles. The van der Waals surface area contributed by atoms with Crippen molar-refractivity contribution in [3.63, 3.8) is 0 Å². The molecule has 30 heavy (non-hydrogen) atoms. The van der Waals surface area contributed by atoms with Crippen LogP contribution in [0.5, 0.6) is 0 Å².